The molecule has 0 fully saturated rings. The number of nitrogens with one attached hydrogen (secondary N) is 1. The van der Waals surface area contributed by atoms with Gasteiger partial charge >= 0.3 is 0 Å². The van der Waals surface area contributed by atoms with Gasteiger partial charge < -0.3 is 5.32 Å². The maximum absolute atomic E-state index is 11.0. The van der Waals surface area contributed by atoms with Gasteiger partial charge in [0.2, 0.25) is 0 Å². The standard InChI is InChI=1S/C16H17ClN2O2/c1-11(2)16(12-6-4-3-5-7-12)18-13-8-9-14(17)15(10-13)19(20)21/h3-11,16,18H,1-2H3. The van der Waals surface area contributed by atoms with E-state index in [0.29, 0.717) is 11.6 Å². The molecule has 2 aromatic rings. The van der Waals surface area contributed by atoms with Crippen LogP contribution < -0.4 is 5.32 Å². The van der Waals surface area contributed by atoms with Crippen molar-refractivity contribution in [2.24, 2.45) is 5.92 Å². The van der Waals surface area contributed by atoms with Crippen molar-refractivity contribution in [2.45, 2.75) is 19.9 Å². The zero-order valence-electron chi connectivity index (χ0n) is 11.9. The molecular weight excluding hydrogens is 288 g/mol. The molecule has 0 saturated carbocycles. The number of hydrogen-bond donors (Lipinski definition) is 1. The van der Waals surface area contributed by atoms with Crippen molar-refractivity contribution in [2.75, 3.05) is 5.32 Å². The number of hydrogen-bond acceptors (Lipinski definition) is 3. The third-order valence-corrected chi connectivity index (χ3v) is 3.61. The van der Waals surface area contributed by atoms with Crippen LogP contribution in [0.5, 0.6) is 0 Å². The predicted molar refractivity (Wildman–Crippen MR) is 85.8 cm³/mol. The second-order valence-electron chi connectivity index (χ2n) is 5.20. The van der Waals surface area contributed by atoms with E-state index in [2.05, 4.69) is 19.2 Å². The first-order valence-corrected chi connectivity index (χ1v) is 7.12. The normalized spacial score (nSPS) is 12.2. The Morgan fingerprint density at radius 2 is 1.81 bits per heavy atom. The van der Waals surface area contributed by atoms with Gasteiger partial charge in [-0.2, -0.15) is 0 Å². The van der Waals surface area contributed by atoms with Crippen molar-refractivity contribution >= 4 is 23.0 Å². The molecule has 0 radical (unpaired) electrons. The van der Waals surface area contributed by atoms with Gasteiger partial charge in [-0.3, -0.25) is 10.1 Å². The zero-order chi connectivity index (χ0) is 15.4. The summed E-state index contributed by atoms with van der Waals surface area (Å²) in [6.45, 7) is 4.21. The molecule has 4 nitrogen and oxygen atoms in total. The quantitative estimate of drug-likeness (QED) is 0.620. The average Bonchev–Trinajstić information content (AvgIpc) is 2.46. The Morgan fingerprint density at radius 1 is 1.14 bits per heavy atom. The number of benzene rings is 2. The molecule has 0 aliphatic rings. The second-order valence-corrected chi connectivity index (χ2v) is 5.61. The Hall–Kier alpha value is -2.07. The van der Waals surface area contributed by atoms with Crippen LogP contribution in [0.4, 0.5) is 11.4 Å². The van der Waals surface area contributed by atoms with E-state index >= 15 is 0 Å². The first-order chi connectivity index (χ1) is 9.99. The Bertz CT molecular complexity index is 629. The minimum Gasteiger partial charge on any atom is -0.378 e. The summed E-state index contributed by atoms with van der Waals surface area (Å²) >= 11 is 5.84. The molecule has 1 unspecified atom stereocenters. The van der Waals surface area contributed by atoms with E-state index in [1.807, 2.05) is 30.3 Å². The highest BCUT2D eigenvalue weighted by atomic mass is 35.5. The van der Waals surface area contributed by atoms with Crippen LogP contribution in [0.15, 0.2) is 48.5 Å². The highest BCUT2D eigenvalue weighted by Crippen LogP contribution is 2.31. The van der Waals surface area contributed by atoms with E-state index in [-0.39, 0.29) is 16.8 Å². The van der Waals surface area contributed by atoms with Gasteiger partial charge in [0.05, 0.1) is 11.0 Å². The van der Waals surface area contributed by atoms with Crippen LogP contribution in [0.3, 0.4) is 0 Å². The maximum atomic E-state index is 11.0. The fourth-order valence-electron chi connectivity index (χ4n) is 2.22. The van der Waals surface area contributed by atoms with E-state index in [1.165, 1.54) is 6.07 Å². The van der Waals surface area contributed by atoms with Crippen LogP contribution in [-0.2, 0) is 0 Å². The van der Waals surface area contributed by atoms with Gasteiger partial charge in [-0.1, -0.05) is 55.8 Å². The lowest BCUT2D eigenvalue weighted by Gasteiger charge is -2.24. The summed E-state index contributed by atoms with van der Waals surface area (Å²) in [5, 5.41) is 14.5. The first-order valence-electron chi connectivity index (χ1n) is 6.74. The van der Waals surface area contributed by atoms with Gasteiger partial charge in [-0.25, -0.2) is 0 Å². The molecule has 0 saturated heterocycles. The molecule has 0 spiro atoms. The number of nitro groups is 1. The van der Waals surface area contributed by atoms with E-state index in [9.17, 15) is 10.1 Å². The SMILES string of the molecule is CC(C)C(Nc1ccc(Cl)c([N+](=O)[O-])c1)c1ccccc1. The van der Waals surface area contributed by atoms with Crippen LogP contribution >= 0.6 is 11.6 Å². The number of nitrogens with zero attached hydrogens (tertiary/aromatic N) is 1. The molecular formula is C16H17ClN2O2. The van der Waals surface area contributed by atoms with Gasteiger partial charge in [-0.05, 0) is 23.6 Å². The molecule has 0 heterocycles. The molecule has 21 heavy (non-hydrogen) atoms. The summed E-state index contributed by atoms with van der Waals surface area (Å²) in [5.74, 6) is 0.335. The maximum Gasteiger partial charge on any atom is 0.289 e. The van der Waals surface area contributed by atoms with Gasteiger partial charge in [0.1, 0.15) is 5.02 Å². The summed E-state index contributed by atoms with van der Waals surface area (Å²) in [4.78, 5) is 10.5. The lowest BCUT2D eigenvalue weighted by molar-refractivity contribution is -0.384. The summed E-state index contributed by atoms with van der Waals surface area (Å²) < 4.78 is 0. The lowest BCUT2D eigenvalue weighted by Crippen LogP contribution is -2.16. The Kier molecular flexibility index (Phi) is 4.81. The number of nitro benzene ring substituents is 1. The second kappa shape index (κ2) is 6.59. The van der Waals surface area contributed by atoms with Crippen molar-refractivity contribution < 1.29 is 4.92 Å². The summed E-state index contributed by atoms with van der Waals surface area (Å²) in [6.07, 6.45) is 0. The molecule has 0 aliphatic carbocycles. The first kappa shape index (κ1) is 15.3. The minimum absolute atomic E-state index is 0.0759. The predicted octanol–water partition coefficient (Wildman–Crippen LogP) is 5.06. The number of rotatable bonds is 5. The van der Waals surface area contributed by atoms with E-state index in [0.717, 1.165) is 5.56 Å². The summed E-state index contributed by atoms with van der Waals surface area (Å²) in [6, 6.07) is 14.9. The Morgan fingerprint density at radius 3 is 2.38 bits per heavy atom. The highest BCUT2D eigenvalue weighted by molar-refractivity contribution is 6.32. The van der Waals surface area contributed by atoms with E-state index in [1.54, 1.807) is 12.1 Å². The zero-order valence-corrected chi connectivity index (χ0v) is 12.7. The Labute approximate surface area is 128 Å². The van der Waals surface area contributed by atoms with Crippen molar-refractivity contribution in [3.05, 3.63) is 69.2 Å². The topological polar surface area (TPSA) is 55.2 Å². The smallest absolute Gasteiger partial charge is 0.289 e. The number of anilines is 1. The average molecular weight is 305 g/mol. The third-order valence-electron chi connectivity index (χ3n) is 3.29. The minimum atomic E-state index is -0.472. The van der Waals surface area contributed by atoms with E-state index in [4.69, 9.17) is 11.6 Å². The van der Waals surface area contributed by atoms with Crippen molar-refractivity contribution in [1.29, 1.82) is 0 Å². The van der Waals surface area contributed by atoms with E-state index < -0.39 is 4.92 Å². The molecule has 2 rings (SSSR count). The summed E-state index contributed by atoms with van der Waals surface area (Å²) in [5.41, 5.74) is 1.75. The fourth-order valence-corrected chi connectivity index (χ4v) is 2.40. The monoisotopic (exact) mass is 304 g/mol. The largest absolute Gasteiger partial charge is 0.378 e. The molecule has 5 heteroatoms. The highest BCUT2D eigenvalue weighted by Gasteiger charge is 2.18. The van der Waals surface area contributed by atoms with Crippen LogP contribution in [0.1, 0.15) is 25.5 Å². The molecule has 0 amide bonds. The molecule has 1 N–H and O–H groups in total. The number of halogens is 1. The molecule has 110 valence electrons. The van der Waals surface area contributed by atoms with Crippen molar-refractivity contribution in [3.63, 3.8) is 0 Å². The molecule has 1 atom stereocenters. The van der Waals surface area contributed by atoms with Crippen LogP contribution in [0.2, 0.25) is 5.02 Å². The van der Waals surface area contributed by atoms with Gasteiger partial charge in [0, 0.05) is 11.8 Å². The van der Waals surface area contributed by atoms with Crippen molar-refractivity contribution in [1.82, 2.24) is 0 Å². The van der Waals surface area contributed by atoms with Crippen LogP contribution in [0.25, 0.3) is 0 Å². The summed E-state index contributed by atoms with van der Waals surface area (Å²) in [7, 11) is 0. The molecule has 0 aliphatic heterocycles. The molecule has 0 bridgehead atoms. The third kappa shape index (κ3) is 3.73. The lowest BCUT2D eigenvalue weighted by atomic mass is 9.96. The van der Waals surface area contributed by atoms with Crippen LogP contribution in [-0.4, -0.2) is 4.92 Å². The van der Waals surface area contributed by atoms with Gasteiger partial charge in [0.25, 0.3) is 5.69 Å². The van der Waals surface area contributed by atoms with Crippen LogP contribution in [0, 0.1) is 16.0 Å². The molecule has 0 aromatic heterocycles. The van der Waals surface area contributed by atoms with Gasteiger partial charge in [-0.15, -0.1) is 0 Å². The fraction of sp³-hybridized carbons (Fsp3) is 0.250. The Balaban J connectivity index is 2.30. The van der Waals surface area contributed by atoms with Crippen molar-refractivity contribution in [3.8, 4) is 0 Å². The molecule has 2 aromatic carbocycles. The van der Waals surface area contributed by atoms with Gasteiger partial charge in [0.15, 0.2) is 0 Å².